The van der Waals surface area contributed by atoms with Crippen LogP contribution in [0.25, 0.3) is 0 Å². The van der Waals surface area contributed by atoms with Crippen molar-refractivity contribution >= 4 is 40.0 Å². The normalized spacial score (nSPS) is 17.0. The number of hydrogen-bond acceptors (Lipinski definition) is 4. The molecule has 5 heteroatoms. The zero-order chi connectivity index (χ0) is 36.7. The van der Waals surface area contributed by atoms with Crippen molar-refractivity contribution in [3.05, 3.63) is 191 Å². The average molecular weight is 692 g/mol. The molecular weight excluding hydrogens is 647 g/mol. The number of para-hydroxylation sites is 6. The Morgan fingerprint density at radius 3 is 1.02 bits per heavy atom. The van der Waals surface area contributed by atoms with Crippen LogP contribution < -0.4 is 20.2 Å². The number of nitrogens with one attached hydrogen (secondary N) is 2. The first kappa shape index (κ1) is 32.8. The highest BCUT2D eigenvalue weighted by Crippen LogP contribution is 2.53. The van der Waals surface area contributed by atoms with Gasteiger partial charge in [-0.3, -0.25) is 25.6 Å². The molecule has 0 unspecified atom stereocenters. The summed E-state index contributed by atoms with van der Waals surface area (Å²) in [5.74, 6) is 1.14. The van der Waals surface area contributed by atoms with E-state index in [9.17, 15) is 5.41 Å². The predicted octanol–water partition coefficient (Wildman–Crippen LogP) is 11.7. The van der Waals surface area contributed by atoms with Gasteiger partial charge in [-0.1, -0.05) is 151 Å². The van der Waals surface area contributed by atoms with E-state index in [1.165, 1.54) is 33.4 Å². The summed E-state index contributed by atoms with van der Waals surface area (Å²) in [6.07, 6.45) is 2.02. The Balaban J connectivity index is 1.29. The molecule has 0 bridgehead atoms. The maximum Gasteiger partial charge on any atom is 0.134 e. The SMILES string of the molecule is CC1(C)c2ccccc2N(N/C(=C\C(=N)N2c3ccccc3C(C)(C)c3ccccc32)N2c3ccccc3C(C)(C)c3ccccc32)c2ccccc21. The van der Waals surface area contributed by atoms with Crippen molar-refractivity contribution in [1.82, 2.24) is 5.43 Å². The third-order valence-electron chi connectivity index (χ3n) is 11.9. The molecule has 3 aliphatic heterocycles. The van der Waals surface area contributed by atoms with Crippen LogP contribution in [0.2, 0.25) is 0 Å². The van der Waals surface area contributed by atoms with Gasteiger partial charge in [0.05, 0.1) is 34.1 Å². The Bertz CT molecular complexity index is 2320. The van der Waals surface area contributed by atoms with Gasteiger partial charge in [-0.2, -0.15) is 0 Å². The minimum Gasteiger partial charge on any atom is -0.295 e. The number of benzene rings is 6. The highest BCUT2D eigenvalue weighted by molar-refractivity contribution is 6.12. The number of rotatable bonds is 4. The molecule has 9 rings (SSSR count). The van der Waals surface area contributed by atoms with Gasteiger partial charge in [0, 0.05) is 22.3 Å². The fraction of sp³-hybridized carbons (Fsp3) is 0.188. The molecule has 0 spiro atoms. The fourth-order valence-electron chi connectivity index (χ4n) is 9.10. The summed E-state index contributed by atoms with van der Waals surface area (Å²) in [4.78, 5) is 4.44. The van der Waals surface area contributed by atoms with E-state index in [1.807, 2.05) is 6.08 Å². The van der Waals surface area contributed by atoms with Gasteiger partial charge in [-0.05, 0) is 69.8 Å². The lowest BCUT2D eigenvalue weighted by atomic mass is 9.73. The van der Waals surface area contributed by atoms with Crippen LogP contribution in [0.1, 0.15) is 74.9 Å². The van der Waals surface area contributed by atoms with E-state index < -0.39 is 0 Å². The first-order valence-corrected chi connectivity index (χ1v) is 18.6. The summed E-state index contributed by atoms with van der Waals surface area (Å²) >= 11 is 0. The molecule has 0 aliphatic carbocycles. The Labute approximate surface area is 313 Å². The van der Waals surface area contributed by atoms with Gasteiger partial charge in [0.15, 0.2) is 0 Å². The third-order valence-corrected chi connectivity index (χ3v) is 11.9. The van der Waals surface area contributed by atoms with E-state index in [0.717, 1.165) is 39.9 Å². The molecule has 0 amide bonds. The van der Waals surface area contributed by atoms with Gasteiger partial charge in [-0.15, -0.1) is 0 Å². The Morgan fingerprint density at radius 1 is 0.415 bits per heavy atom. The highest BCUT2D eigenvalue weighted by Gasteiger charge is 2.41. The van der Waals surface area contributed by atoms with Crippen LogP contribution in [-0.2, 0) is 16.2 Å². The highest BCUT2D eigenvalue weighted by atomic mass is 15.6. The molecule has 3 aliphatic rings. The van der Waals surface area contributed by atoms with Gasteiger partial charge in [0.2, 0.25) is 0 Å². The van der Waals surface area contributed by atoms with Gasteiger partial charge in [-0.25, -0.2) is 0 Å². The summed E-state index contributed by atoms with van der Waals surface area (Å²) in [6.45, 7) is 13.8. The van der Waals surface area contributed by atoms with Gasteiger partial charge in [0.1, 0.15) is 11.7 Å². The van der Waals surface area contributed by atoms with Crippen LogP contribution in [0.5, 0.6) is 0 Å². The van der Waals surface area contributed by atoms with Crippen LogP contribution in [0.15, 0.2) is 157 Å². The second kappa shape index (κ2) is 11.7. The van der Waals surface area contributed by atoms with Crippen LogP contribution in [0.3, 0.4) is 0 Å². The maximum absolute atomic E-state index is 10.1. The first-order chi connectivity index (χ1) is 25.5. The number of hydrogen-bond donors (Lipinski definition) is 2. The molecule has 6 aromatic carbocycles. The molecule has 3 heterocycles. The van der Waals surface area contributed by atoms with Crippen LogP contribution in [0.4, 0.5) is 34.1 Å². The second-order valence-corrected chi connectivity index (χ2v) is 16.0. The summed E-state index contributed by atoms with van der Waals surface area (Å²) in [7, 11) is 0. The summed E-state index contributed by atoms with van der Waals surface area (Å²) in [6, 6.07) is 51.8. The van der Waals surface area contributed by atoms with Crippen molar-refractivity contribution in [1.29, 1.82) is 5.41 Å². The van der Waals surface area contributed by atoms with E-state index in [1.54, 1.807) is 0 Å². The largest absolute Gasteiger partial charge is 0.295 e. The molecule has 0 atom stereocenters. The quantitative estimate of drug-likeness (QED) is 0.143. The van der Waals surface area contributed by atoms with Crippen LogP contribution in [0, 0.1) is 5.41 Å². The van der Waals surface area contributed by atoms with Gasteiger partial charge >= 0.3 is 0 Å². The number of amidine groups is 1. The first-order valence-electron chi connectivity index (χ1n) is 18.6. The monoisotopic (exact) mass is 691 g/mol. The van der Waals surface area contributed by atoms with E-state index in [0.29, 0.717) is 5.84 Å². The zero-order valence-corrected chi connectivity index (χ0v) is 31.3. The number of hydrazine groups is 1. The lowest BCUT2D eigenvalue weighted by Crippen LogP contribution is -2.46. The summed E-state index contributed by atoms with van der Waals surface area (Å²) in [5, 5.41) is 12.3. The zero-order valence-electron chi connectivity index (χ0n) is 31.3. The predicted molar refractivity (Wildman–Crippen MR) is 220 cm³/mol. The molecule has 0 saturated heterocycles. The van der Waals surface area contributed by atoms with Gasteiger partial charge in [0.25, 0.3) is 0 Å². The van der Waals surface area contributed by atoms with Crippen molar-refractivity contribution in [2.24, 2.45) is 0 Å². The number of anilines is 6. The minimum atomic E-state index is -0.229. The van der Waals surface area contributed by atoms with Crippen molar-refractivity contribution < 1.29 is 0 Å². The maximum atomic E-state index is 10.1. The third kappa shape index (κ3) is 4.80. The molecular formula is C48H45N5. The molecule has 53 heavy (non-hydrogen) atoms. The van der Waals surface area contributed by atoms with Crippen molar-refractivity contribution in [3.63, 3.8) is 0 Å². The number of fused-ring (bicyclic) bond motifs is 6. The summed E-state index contributed by atoms with van der Waals surface area (Å²) < 4.78 is 0. The smallest absolute Gasteiger partial charge is 0.134 e. The fourth-order valence-corrected chi connectivity index (χ4v) is 9.10. The van der Waals surface area contributed by atoms with E-state index in [-0.39, 0.29) is 16.2 Å². The van der Waals surface area contributed by atoms with Crippen molar-refractivity contribution in [2.45, 2.75) is 57.8 Å². The average Bonchev–Trinajstić information content (AvgIpc) is 3.17. The lowest BCUT2D eigenvalue weighted by Gasteiger charge is -2.46. The van der Waals surface area contributed by atoms with E-state index in [4.69, 9.17) is 0 Å². The van der Waals surface area contributed by atoms with Crippen molar-refractivity contribution in [2.75, 3.05) is 14.8 Å². The second-order valence-electron chi connectivity index (χ2n) is 16.0. The number of nitrogens with zero attached hydrogens (tertiary/aromatic N) is 3. The molecule has 2 N–H and O–H groups in total. The minimum absolute atomic E-state index is 0.204. The molecule has 0 fully saturated rings. The van der Waals surface area contributed by atoms with Crippen LogP contribution in [-0.4, -0.2) is 5.84 Å². The van der Waals surface area contributed by atoms with E-state index >= 15 is 0 Å². The Morgan fingerprint density at radius 2 is 0.679 bits per heavy atom. The Kier molecular flexibility index (Phi) is 7.26. The standard InChI is InChI=1S/C48H45N5/c1-46(2)32-19-7-13-25-38(32)51(39-26-14-8-20-33(39)46)44(49)31-45(52-40-27-15-9-21-34(40)47(3,4)35-22-10-16-28-41(35)52)50-53-42-29-17-11-23-36(42)48(5,6)37-24-12-18-30-43(37)53/h7-31,49-50H,1-6H3/b45-31+,49-44?. The Hall–Kier alpha value is -6.07. The van der Waals surface area contributed by atoms with Gasteiger partial charge < -0.3 is 0 Å². The van der Waals surface area contributed by atoms with Crippen molar-refractivity contribution in [3.8, 4) is 0 Å². The molecule has 6 aromatic rings. The van der Waals surface area contributed by atoms with E-state index in [2.05, 4.69) is 207 Å². The lowest BCUT2D eigenvalue weighted by molar-refractivity contribution is 0.608. The molecule has 262 valence electrons. The molecule has 0 radical (unpaired) electrons. The summed E-state index contributed by atoms with van der Waals surface area (Å²) in [5.41, 5.74) is 17.0. The molecule has 0 saturated carbocycles. The molecule has 5 nitrogen and oxygen atoms in total. The van der Waals surface area contributed by atoms with Crippen LogP contribution >= 0.6 is 0 Å². The molecule has 0 aromatic heterocycles. The topological polar surface area (TPSA) is 45.6 Å².